The molecule has 3 nitrogen and oxygen atoms in total. The average Bonchev–Trinajstić information content (AvgIpc) is 2.18. The molecule has 0 aliphatic heterocycles. The van der Waals surface area contributed by atoms with Gasteiger partial charge in [0.1, 0.15) is 5.69 Å². The Morgan fingerprint density at radius 2 is 2.27 bits per heavy atom. The maximum absolute atomic E-state index is 13.3. The predicted octanol–water partition coefficient (Wildman–Crippen LogP) is 2.50. The molecule has 0 radical (unpaired) electrons. The van der Waals surface area contributed by atoms with Crippen LogP contribution in [0.2, 0.25) is 0 Å². The first-order valence-electron chi connectivity index (χ1n) is 4.15. The van der Waals surface area contributed by atoms with E-state index in [0.29, 0.717) is 4.47 Å². The van der Waals surface area contributed by atoms with Crippen molar-refractivity contribution in [3.05, 3.63) is 28.5 Å². The minimum atomic E-state index is -3.70. The first-order chi connectivity index (χ1) is 6.98. The van der Waals surface area contributed by atoms with Crippen LogP contribution in [0.25, 0.3) is 0 Å². The van der Waals surface area contributed by atoms with Gasteiger partial charge in [-0.05, 0) is 35.0 Å². The third-order valence-corrected chi connectivity index (χ3v) is 2.05. The summed E-state index contributed by atoms with van der Waals surface area (Å²) in [5.74, 6) is -5.28. The molecule has 1 rings (SSSR count). The number of halogens is 3. The molecule has 0 atom stereocenters. The number of carbonyl (C=O) groups is 1. The van der Waals surface area contributed by atoms with Gasteiger partial charge in [0, 0.05) is 10.7 Å². The lowest BCUT2D eigenvalue weighted by molar-refractivity contribution is -0.173. The number of esters is 1. The third kappa shape index (κ3) is 2.71. The molecule has 0 aromatic carbocycles. The van der Waals surface area contributed by atoms with Crippen LogP contribution in [0.1, 0.15) is 12.6 Å². The number of pyridine rings is 1. The van der Waals surface area contributed by atoms with Gasteiger partial charge in [-0.15, -0.1) is 0 Å². The average molecular weight is 280 g/mol. The van der Waals surface area contributed by atoms with Gasteiger partial charge < -0.3 is 4.74 Å². The molecule has 0 saturated carbocycles. The molecular formula is C9H8BrF2NO2. The molecule has 82 valence electrons. The van der Waals surface area contributed by atoms with Crippen LogP contribution in [-0.4, -0.2) is 17.6 Å². The number of hydrogen-bond acceptors (Lipinski definition) is 3. The van der Waals surface area contributed by atoms with Crippen LogP contribution in [0.15, 0.2) is 22.8 Å². The minimum Gasteiger partial charge on any atom is -0.461 e. The second kappa shape index (κ2) is 4.65. The van der Waals surface area contributed by atoms with Gasteiger partial charge in [-0.2, -0.15) is 8.78 Å². The summed E-state index contributed by atoms with van der Waals surface area (Å²) in [6.07, 6.45) is 1.20. The van der Waals surface area contributed by atoms with Crippen molar-refractivity contribution in [2.75, 3.05) is 6.61 Å². The number of nitrogens with zero attached hydrogens (tertiary/aromatic N) is 1. The van der Waals surface area contributed by atoms with E-state index in [0.717, 1.165) is 6.07 Å². The largest absolute Gasteiger partial charge is 0.461 e. The van der Waals surface area contributed by atoms with E-state index in [1.165, 1.54) is 19.2 Å². The number of ether oxygens (including phenoxy) is 1. The fourth-order valence-corrected chi connectivity index (χ4v) is 1.12. The normalized spacial score (nSPS) is 11.2. The molecule has 0 unspecified atom stereocenters. The lowest BCUT2D eigenvalue weighted by Crippen LogP contribution is -2.29. The highest BCUT2D eigenvalue weighted by Gasteiger charge is 2.44. The van der Waals surface area contributed by atoms with Crippen molar-refractivity contribution in [1.82, 2.24) is 4.98 Å². The molecule has 0 aliphatic rings. The lowest BCUT2D eigenvalue weighted by Gasteiger charge is -2.13. The molecule has 0 amide bonds. The van der Waals surface area contributed by atoms with Crippen LogP contribution in [-0.2, 0) is 15.5 Å². The Balaban J connectivity index is 2.94. The van der Waals surface area contributed by atoms with Crippen molar-refractivity contribution in [3.8, 4) is 0 Å². The van der Waals surface area contributed by atoms with Crippen molar-refractivity contribution in [1.29, 1.82) is 0 Å². The molecule has 15 heavy (non-hydrogen) atoms. The van der Waals surface area contributed by atoms with Crippen molar-refractivity contribution in [2.24, 2.45) is 0 Å². The van der Waals surface area contributed by atoms with Gasteiger partial charge in [0.2, 0.25) is 0 Å². The molecule has 0 aliphatic carbocycles. The van der Waals surface area contributed by atoms with Crippen LogP contribution in [0.3, 0.4) is 0 Å². The maximum atomic E-state index is 13.3. The molecule has 1 aromatic heterocycles. The zero-order valence-electron chi connectivity index (χ0n) is 7.84. The summed E-state index contributed by atoms with van der Waals surface area (Å²) in [7, 11) is 0. The second-order valence-electron chi connectivity index (χ2n) is 2.66. The van der Waals surface area contributed by atoms with Crippen molar-refractivity contribution in [3.63, 3.8) is 0 Å². The van der Waals surface area contributed by atoms with Gasteiger partial charge in [-0.25, -0.2) is 4.79 Å². The summed E-state index contributed by atoms with van der Waals surface area (Å²) in [4.78, 5) is 14.4. The number of aromatic nitrogens is 1. The first-order valence-corrected chi connectivity index (χ1v) is 4.95. The van der Waals surface area contributed by atoms with Crippen LogP contribution in [0.4, 0.5) is 8.78 Å². The van der Waals surface area contributed by atoms with E-state index in [1.807, 2.05) is 0 Å². The number of carbonyl (C=O) groups excluding carboxylic acids is 1. The molecule has 0 N–H and O–H groups in total. The SMILES string of the molecule is CCOC(=O)C(F)(F)c1ccc(Br)cn1. The second-order valence-corrected chi connectivity index (χ2v) is 3.57. The van der Waals surface area contributed by atoms with E-state index < -0.39 is 17.6 Å². The number of alkyl halides is 2. The Morgan fingerprint density at radius 1 is 1.60 bits per heavy atom. The first kappa shape index (κ1) is 12.0. The summed E-state index contributed by atoms with van der Waals surface area (Å²) in [5.41, 5.74) is -0.621. The standard InChI is InChI=1S/C9H8BrF2NO2/c1-2-15-8(14)9(11,12)7-4-3-6(10)5-13-7/h3-5H,2H2,1H3. The summed E-state index contributed by atoms with van der Waals surface area (Å²) in [6.45, 7) is 1.37. The minimum absolute atomic E-state index is 0.0923. The van der Waals surface area contributed by atoms with E-state index in [-0.39, 0.29) is 6.61 Å². The van der Waals surface area contributed by atoms with Gasteiger partial charge in [-0.1, -0.05) is 0 Å². The van der Waals surface area contributed by atoms with Crippen LogP contribution < -0.4 is 0 Å². The number of hydrogen-bond donors (Lipinski definition) is 0. The van der Waals surface area contributed by atoms with Crippen LogP contribution in [0.5, 0.6) is 0 Å². The highest BCUT2D eigenvalue weighted by molar-refractivity contribution is 9.10. The van der Waals surface area contributed by atoms with Crippen molar-refractivity contribution >= 4 is 21.9 Å². The Hall–Kier alpha value is -1.04. The molecular weight excluding hydrogens is 272 g/mol. The Bertz CT molecular complexity index is 354. The molecule has 0 fully saturated rings. The molecule has 1 aromatic rings. The summed E-state index contributed by atoms with van der Waals surface area (Å²) in [5, 5.41) is 0. The van der Waals surface area contributed by atoms with E-state index in [9.17, 15) is 13.6 Å². The Kier molecular flexibility index (Phi) is 3.73. The number of rotatable bonds is 3. The molecule has 6 heteroatoms. The molecule has 0 saturated heterocycles. The quantitative estimate of drug-likeness (QED) is 0.798. The summed E-state index contributed by atoms with van der Waals surface area (Å²) < 4.78 is 31.4. The molecule has 1 heterocycles. The van der Waals surface area contributed by atoms with Crippen LogP contribution >= 0.6 is 15.9 Å². The van der Waals surface area contributed by atoms with E-state index in [2.05, 4.69) is 25.7 Å². The smallest absolute Gasteiger partial charge is 0.384 e. The van der Waals surface area contributed by atoms with Crippen molar-refractivity contribution in [2.45, 2.75) is 12.8 Å². The Morgan fingerprint density at radius 3 is 2.73 bits per heavy atom. The topological polar surface area (TPSA) is 39.2 Å². The molecule has 0 spiro atoms. The Labute approximate surface area is 93.6 Å². The van der Waals surface area contributed by atoms with Gasteiger partial charge in [0.15, 0.2) is 0 Å². The predicted molar refractivity (Wildman–Crippen MR) is 52.5 cm³/mol. The summed E-state index contributed by atoms with van der Waals surface area (Å²) in [6, 6.07) is 2.45. The zero-order chi connectivity index (χ0) is 11.5. The van der Waals surface area contributed by atoms with Gasteiger partial charge in [0.25, 0.3) is 0 Å². The van der Waals surface area contributed by atoms with Gasteiger partial charge in [-0.3, -0.25) is 4.98 Å². The zero-order valence-corrected chi connectivity index (χ0v) is 9.42. The maximum Gasteiger partial charge on any atom is 0.384 e. The molecule has 0 bridgehead atoms. The lowest BCUT2D eigenvalue weighted by atomic mass is 10.2. The van der Waals surface area contributed by atoms with Gasteiger partial charge in [0.05, 0.1) is 6.61 Å². The van der Waals surface area contributed by atoms with Gasteiger partial charge >= 0.3 is 11.9 Å². The van der Waals surface area contributed by atoms with E-state index in [1.54, 1.807) is 0 Å². The van der Waals surface area contributed by atoms with E-state index >= 15 is 0 Å². The monoisotopic (exact) mass is 279 g/mol. The fourth-order valence-electron chi connectivity index (χ4n) is 0.888. The summed E-state index contributed by atoms with van der Waals surface area (Å²) >= 11 is 3.06. The van der Waals surface area contributed by atoms with Crippen LogP contribution in [0, 0.1) is 0 Å². The third-order valence-electron chi connectivity index (χ3n) is 1.58. The highest BCUT2D eigenvalue weighted by Crippen LogP contribution is 2.28. The van der Waals surface area contributed by atoms with E-state index in [4.69, 9.17) is 0 Å². The van der Waals surface area contributed by atoms with Crippen molar-refractivity contribution < 1.29 is 18.3 Å². The highest BCUT2D eigenvalue weighted by atomic mass is 79.9. The fraction of sp³-hybridized carbons (Fsp3) is 0.333.